The molecule has 0 radical (unpaired) electrons. The largest absolute Gasteiger partial charge is 0.354 e. The fraction of sp³-hybridized carbons (Fsp3) is 0.364. The van der Waals surface area contributed by atoms with E-state index in [0.29, 0.717) is 17.3 Å². The standard InChI is InChI=1S/C22H26ClFN2O2S/c1-3-12-25-22(28)16(2)26(13-17-6-10-20(24)11-7-17)21(27)15-29-14-18-4-8-19(23)9-5-18/h4-11,16H,3,12-15H2,1-2H3,(H,25,28)/t16-/m1/s1. The van der Waals surface area contributed by atoms with Crippen molar-refractivity contribution in [3.05, 3.63) is 70.5 Å². The molecule has 0 aliphatic rings. The van der Waals surface area contributed by atoms with E-state index in [2.05, 4.69) is 5.32 Å². The van der Waals surface area contributed by atoms with Crippen LogP contribution in [0.2, 0.25) is 5.02 Å². The zero-order chi connectivity index (χ0) is 21.2. The molecule has 0 fully saturated rings. The third-order valence-corrected chi connectivity index (χ3v) is 5.63. The maximum atomic E-state index is 13.2. The monoisotopic (exact) mass is 436 g/mol. The van der Waals surface area contributed by atoms with Crippen LogP contribution in [0.25, 0.3) is 0 Å². The average Bonchev–Trinajstić information content (AvgIpc) is 2.72. The minimum absolute atomic E-state index is 0.132. The van der Waals surface area contributed by atoms with Crippen LogP contribution in [0.5, 0.6) is 0 Å². The molecule has 29 heavy (non-hydrogen) atoms. The van der Waals surface area contributed by atoms with Crippen molar-refractivity contribution in [1.82, 2.24) is 10.2 Å². The van der Waals surface area contributed by atoms with E-state index in [-0.39, 0.29) is 29.9 Å². The lowest BCUT2D eigenvalue weighted by atomic mass is 10.1. The highest BCUT2D eigenvalue weighted by Crippen LogP contribution is 2.18. The lowest BCUT2D eigenvalue weighted by Gasteiger charge is -2.28. The Labute approximate surface area is 180 Å². The second-order valence-electron chi connectivity index (χ2n) is 6.73. The van der Waals surface area contributed by atoms with E-state index in [1.54, 1.807) is 24.0 Å². The predicted molar refractivity (Wildman–Crippen MR) is 117 cm³/mol. The first-order valence-electron chi connectivity index (χ1n) is 9.54. The summed E-state index contributed by atoms with van der Waals surface area (Å²) in [6.45, 7) is 4.50. The van der Waals surface area contributed by atoms with Crippen molar-refractivity contribution < 1.29 is 14.0 Å². The Bertz CT molecular complexity index is 799. The molecular weight excluding hydrogens is 411 g/mol. The van der Waals surface area contributed by atoms with Crippen molar-refractivity contribution in [1.29, 1.82) is 0 Å². The molecule has 1 N–H and O–H groups in total. The quantitative estimate of drug-likeness (QED) is 0.589. The van der Waals surface area contributed by atoms with Crippen molar-refractivity contribution in [2.45, 2.75) is 38.6 Å². The van der Waals surface area contributed by atoms with Gasteiger partial charge in [-0.1, -0.05) is 42.8 Å². The van der Waals surface area contributed by atoms with Crippen LogP contribution in [0.1, 0.15) is 31.4 Å². The first-order chi connectivity index (χ1) is 13.9. The van der Waals surface area contributed by atoms with Gasteiger partial charge < -0.3 is 10.2 Å². The molecule has 2 aromatic carbocycles. The molecule has 156 valence electrons. The first kappa shape index (κ1) is 23.2. The Hall–Kier alpha value is -2.05. The summed E-state index contributed by atoms with van der Waals surface area (Å²) in [5.41, 5.74) is 1.85. The molecule has 2 rings (SSSR count). The second kappa shape index (κ2) is 11.8. The number of carbonyl (C=O) groups excluding carboxylic acids is 2. The van der Waals surface area contributed by atoms with Gasteiger partial charge in [0.05, 0.1) is 5.75 Å². The van der Waals surface area contributed by atoms with Gasteiger partial charge in [-0.05, 0) is 48.7 Å². The summed E-state index contributed by atoms with van der Waals surface area (Å²) < 4.78 is 13.2. The van der Waals surface area contributed by atoms with Crippen LogP contribution in [-0.4, -0.2) is 35.1 Å². The molecule has 2 amide bonds. The molecule has 0 bridgehead atoms. The summed E-state index contributed by atoms with van der Waals surface area (Å²) >= 11 is 7.38. The van der Waals surface area contributed by atoms with Crippen molar-refractivity contribution in [2.75, 3.05) is 12.3 Å². The molecule has 0 spiro atoms. The number of amides is 2. The number of halogens is 2. The molecule has 0 aromatic heterocycles. The third kappa shape index (κ3) is 7.71. The van der Waals surface area contributed by atoms with Gasteiger partial charge in [-0.2, -0.15) is 0 Å². The highest BCUT2D eigenvalue weighted by molar-refractivity contribution is 7.99. The van der Waals surface area contributed by atoms with Crippen LogP contribution in [0.4, 0.5) is 4.39 Å². The number of thioether (sulfide) groups is 1. The maximum Gasteiger partial charge on any atom is 0.242 e. The zero-order valence-electron chi connectivity index (χ0n) is 16.7. The maximum absolute atomic E-state index is 13.2. The number of hydrogen-bond acceptors (Lipinski definition) is 3. The number of hydrogen-bond donors (Lipinski definition) is 1. The number of carbonyl (C=O) groups is 2. The van der Waals surface area contributed by atoms with Gasteiger partial charge in [0, 0.05) is 23.9 Å². The Morgan fingerprint density at radius 2 is 1.72 bits per heavy atom. The van der Waals surface area contributed by atoms with Gasteiger partial charge >= 0.3 is 0 Å². The van der Waals surface area contributed by atoms with Crippen LogP contribution >= 0.6 is 23.4 Å². The fourth-order valence-corrected chi connectivity index (χ4v) is 3.68. The molecule has 7 heteroatoms. The minimum Gasteiger partial charge on any atom is -0.354 e. The van der Waals surface area contributed by atoms with Crippen LogP contribution in [0, 0.1) is 5.82 Å². The molecular formula is C22H26ClFN2O2S. The fourth-order valence-electron chi connectivity index (χ4n) is 2.68. The molecule has 2 aromatic rings. The lowest BCUT2D eigenvalue weighted by Crippen LogP contribution is -2.48. The Kier molecular flexibility index (Phi) is 9.48. The highest BCUT2D eigenvalue weighted by Gasteiger charge is 2.25. The Morgan fingerprint density at radius 3 is 2.34 bits per heavy atom. The molecule has 0 saturated heterocycles. The van der Waals surface area contributed by atoms with Gasteiger partial charge in [-0.15, -0.1) is 11.8 Å². The SMILES string of the molecule is CCCNC(=O)[C@@H](C)N(Cc1ccc(F)cc1)C(=O)CSCc1ccc(Cl)cc1. The topological polar surface area (TPSA) is 49.4 Å². The minimum atomic E-state index is -0.616. The van der Waals surface area contributed by atoms with Gasteiger partial charge in [0.25, 0.3) is 0 Å². The van der Waals surface area contributed by atoms with Crippen LogP contribution in [-0.2, 0) is 21.9 Å². The molecule has 4 nitrogen and oxygen atoms in total. The zero-order valence-corrected chi connectivity index (χ0v) is 18.2. The Balaban J connectivity index is 2.03. The average molecular weight is 437 g/mol. The molecule has 0 aliphatic carbocycles. The van der Waals surface area contributed by atoms with Gasteiger partial charge in [-0.25, -0.2) is 4.39 Å². The van der Waals surface area contributed by atoms with Crippen molar-refractivity contribution >= 4 is 35.2 Å². The van der Waals surface area contributed by atoms with Gasteiger partial charge in [0.2, 0.25) is 11.8 Å². The Morgan fingerprint density at radius 1 is 1.10 bits per heavy atom. The van der Waals surface area contributed by atoms with E-state index >= 15 is 0 Å². The van der Waals surface area contributed by atoms with Crippen molar-refractivity contribution in [2.24, 2.45) is 0 Å². The van der Waals surface area contributed by atoms with E-state index in [4.69, 9.17) is 11.6 Å². The first-order valence-corrected chi connectivity index (χ1v) is 11.1. The number of nitrogens with zero attached hydrogens (tertiary/aromatic N) is 1. The summed E-state index contributed by atoms with van der Waals surface area (Å²) in [5, 5.41) is 3.51. The van der Waals surface area contributed by atoms with E-state index < -0.39 is 6.04 Å². The second-order valence-corrected chi connectivity index (χ2v) is 8.16. The van der Waals surface area contributed by atoms with Crippen LogP contribution in [0.15, 0.2) is 48.5 Å². The van der Waals surface area contributed by atoms with Gasteiger partial charge in [-0.3, -0.25) is 9.59 Å². The van der Waals surface area contributed by atoms with Gasteiger partial charge in [0.1, 0.15) is 11.9 Å². The van der Waals surface area contributed by atoms with E-state index in [1.165, 1.54) is 23.9 Å². The smallest absolute Gasteiger partial charge is 0.242 e. The van der Waals surface area contributed by atoms with E-state index in [0.717, 1.165) is 17.5 Å². The number of rotatable bonds is 10. The third-order valence-electron chi connectivity index (χ3n) is 4.39. The van der Waals surface area contributed by atoms with Crippen molar-refractivity contribution in [3.8, 4) is 0 Å². The summed E-state index contributed by atoms with van der Waals surface area (Å²) in [6, 6.07) is 12.9. The summed E-state index contributed by atoms with van der Waals surface area (Å²) in [4.78, 5) is 26.9. The lowest BCUT2D eigenvalue weighted by molar-refractivity contribution is -0.138. The predicted octanol–water partition coefficient (Wildman–Crippen LogP) is 4.66. The summed E-state index contributed by atoms with van der Waals surface area (Å²) in [5.74, 6) is 0.259. The molecule has 0 heterocycles. The van der Waals surface area contributed by atoms with Crippen molar-refractivity contribution in [3.63, 3.8) is 0 Å². The summed E-state index contributed by atoms with van der Waals surface area (Å²) in [6.07, 6.45) is 0.821. The number of benzene rings is 2. The van der Waals surface area contributed by atoms with E-state index in [1.807, 2.05) is 31.2 Å². The summed E-state index contributed by atoms with van der Waals surface area (Å²) in [7, 11) is 0. The van der Waals surface area contributed by atoms with E-state index in [9.17, 15) is 14.0 Å². The molecule has 0 saturated carbocycles. The number of nitrogens with one attached hydrogen (secondary N) is 1. The van der Waals surface area contributed by atoms with Crippen LogP contribution < -0.4 is 5.32 Å². The highest BCUT2D eigenvalue weighted by atomic mass is 35.5. The molecule has 1 atom stereocenters. The van der Waals surface area contributed by atoms with Gasteiger partial charge in [0.15, 0.2) is 0 Å². The normalized spacial score (nSPS) is 11.7. The molecule has 0 aliphatic heterocycles. The molecule has 0 unspecified atom stereocenters. The van der Waals surface area contributed by atoms with Crippen LogP contribution in [0.3, 0.4) is 0 Å².